The average Bonchev–Trinajstić information content (AvgIpc) is 3.18. The van der Waals surface area contributed by atoms with Crippen molar-refractivity contribution in [1.29, 1.82) is 0 Å². The van der Waals surface area contributed by atoms with E-state index >= 15 is 0 Å². The number of rotatable bonds is 3. The molecule has 3 heterocycles. The minimum absolute atomic E-state index is 0.0550. The Hall–Kier alpha value is -3.45. The molecule has 3 aromatic rings. The summed E-state index contributed by atoms with van der Waals surface area (Å²) in [5.74, 6) is 1.88. The number of hydrogen-bond donors (Lipinski definition) is 1. The molecule has 1 unspecified atom stereocenters. The van der Waals surface area contributed by atoms with E-state index in [0.29, 0.717) is 46.0 Å². The van der Waals surface area contributed by atoms with Gasteiger partial charge in [-0.2, -0.15) is 0 Å². The van der Waals surface area contributed by atoms with Crippen LogP contribution in [0, 0.1) is 0 Å². The van der Waals surface area contributed by atoms with Crippen molar-refractivity contribution in [3.63, 3.8) is 0 Å². The highest BCUT2D eigenvalue weighted by molar-refractivity contribution is 5.89. The monoisotopic (exact) mass is 408 g/mol. The molecule has 154 valence electrons. The highest BCUT2D eigenvalue weighted by atomic mass is 16.6. The van der Waals surface area contributed by atoms with E-state index in [0.717, 1.165) is 11.1 Å². The van der Waals surface area contributed by atoms with Crippen LogP contribution in [-0.4, -0.2) is 25.4 Å². The number of aliphatic hydroxyl groups is 1. The minimum atomic E-state index is -1.43. The summed E-state index contributed by atoms with van der Waals surface area (Å²) in [7, 11) is 3.01. The summed E-state index contributed by atoms with van der Waals surface area (Å²) >= 11 is 0. The van der Waals surface area contributed by atoms with Crippen LogP contribution in [0.2, 0.25) is 0 Å². The lowest BCUT2D eigenvalue weighted by Gasteiger charge is -2.25. The Labute approximate surface area is 172 Å². The second kappa shape index (κ2) is 6.53. The lowest BCUT2D eigenvalue weighted by Crippen LogP contribution is -2.20. The van der Waals surface area contributed by atoms with Crippen LogP contribution in [0.3, 0.4) is 0 Å². The second-order valence-electron chi connectivity index (χ2n) is 7.42. The van der Waals surface area contributed by atoms with Crippen LogP contribution < -0.4 is 24.4 Å². The normalized spacial score (nSPS) is 18.7. The van der Waals surface area contributed by atoms with E-state index in [1.807, 2.05) is 6.92 Å². The molecule has 2 aromatic carbocycles. The van der Waals surface area contributed by atoms with Gasteiger partial charge in [-0.05, 0) is 30.7 Å². The molecule has 5 rings (SSSR count). The maximum Gasteiger partial charge on any atom is 0.257 e. The van der Waals surface area contributed by atoms with Crippen LogP contribution in [-0.2, 0) is 6.42 Å². The van der Waals surface area contributed by atoms with Crippen molar-refractivity contribution >= 4 is 11.0 Å². The van der Waals surface area contributed by atoms with Gasteiger partial charge >= 0.3 is 0 Å². The van der Waals surface area contributed by atoms with Gasteiger partial charge in [-0.3, -0.25) is 4.79 Å². The number of fused-ring (bicyclic) bond motifs is 6. The van der Waals surface area contributed by atoms with Gasteiger partial charge in [0, 0.05) is 23.6 Å². The standard InChI is InChI=1S/C23H20O7/c1-10(2)15-8-13-14(28-15)6-5-11-20(24)19-12-7-17(26-3)18(27-4)9-16(12)29-23(25)22(19)30-21(11)13/h5-7,9,15,23,25H,1,8H2,2-4H3/t15-,23?/m1/s1. The number of aliphatic hydroxyl groups excluding tert-OH is 1. The number of benzene rings is 2. The third-order valence-corrected chi connectivity index (χ3v) is 5.57. The Kier molecular flexibility index (Phi) is 4.04. The smallest absolute Gasteiger partial charge is 0.257 e. The van der Waals surface area contributed by atoms with Gasteiger partial charge in [0.1, 0.15) is 23.2 Å². The molecule has 2 aliphatic rings. The fourth-order valence-electron chi connectivity index (χ4n) is 4.03. The molecular weight excluding hydrogens is 388 g/mol. The SMILES string of the molecule is C=C(C)[C@H]1Cc2c(ccc3c(=O)c4c(oc23)C(O)Oc2cc(OC)c(OC)cc2-4)O1. The quantitative estimate of drug-likeness (QED) is 0.661. The highest BCUT2D eigenvalue weighted by Crippen LogP contribution is 2.47. The Balaban J connectivity index is 1.78. The zero-order chi connectivity index (χ0) is 21.2. The lowest BCUT2D eigenvalue weighted by molar-refractivity contribution is -0.0377. The summed E-state index contributed by atoms with van der Waals surface area (Å²) < 4.78 is 28.3. The first-order chi connectivity index (χ1) is 14.4. The zero-order valence-corrected chi connectivity index (χ0v) is 16.8. The maximum atomic E-state index is 13.5. The molecule has 30 heavy (non-hydrogen) atoms. The molecule has 1 aromatic heterocycles. The van der Waals surface area contributed by atoms with Crippen molar-refractivity contribution in [3.05, 3.63) is 58.0 Å². The van der Waals surface area contributed by atoms with Crippen molar-refractivity contribution in [2.45, 2.75) is 25.7 Å². The van der Waals surface area contributed by atoms with E-state index in [1.54, 1.807) is 24.3 Å². The Bertz CT molecular complexity index is 1270. The first kappa shape index (κ1) is 18.6. The number of ether oxygens (including phenoxy) is 4. The topological polar surface area (TPSA) is 87.4 Å². The van der Waals surface area contributed by atoms with E-state index in [1.165, 1.54) is 14.2 Å². The molecule has 0 saturated heterocycles. The van der Waals surface area contributed by atoms with Crippen molar-refractivity contribution in [3.8, 4) is 34.1 Å². The van der Waals surface area contributed by atoms with Gasteiger partial charge in [-0.1, -0.05) is 6.58 Å². The predicted octanol–water partition coefficient (Wildman–Crippen LogP) is 3.74. The summed E-state index contributed by atoms with van der Waals surface area (Å²) in [5, 5.41) is 11.0. The van der Waals surface area contributed by atoms with Crippen molar-refractivity contribution in [1.82, 2.24) is 0 Å². The molecule has 1 N–H and O–H groups in total. The Morgan fingerprint density at radius 1 is 1.13 bits per heavy atom. The van der Waals surface area contributed by atoms with Gasteiger partial charge in [0.05, 0.1) is 25.2 Å². The third-order valence-electron chi connectivity index (χ3n) is 5.57. The first-order valence-corrected chi connectivity index (χ1v) is 9.48. The van der Waals surface area contributed by atoms with E-state index in [9.17, 15) is 9.90 Å². The predicted molar refractivity (Wildman–Crippen MR) is 110 cm³/mol. The summed E-state index contributed by atoms with van der Waals surface area (Å²) in [6, 6.07) is 6.69. The largest absolute Gasteiger partial charge is 0.493 e. The van der Waals surface area contributed by atoms with Gasteiger partial charge in [0.25, 0.3) is 6.29 Å². The van der Waals surface area contributed by atoms with Crippen molar-refractivity contribution in [2.24, 2.45) is 0 Å². The van der Waals surface area contributed by atoms with Crippen LogP contribution in [0.15, 0.2) is 45.6 Å². The van der Waals surface area contributed by atoms with E-state index in [2.05, 4.69) is 6.58 Å². The molecule has 7 nitrogen and oxygen atoms in total. The second-order valence-corrected chi connectivity index (χ2v) is 7.42. The molecule has 0 amide bonds. The first-order valence-electron chi connectivity index (χ1n) is 9.48. The average molecular weight is 408 g/mol. The van der Waals surface area contributed by atoms with E-state index in [4.69, 9.17) is 23.4 Å². The Morgan fingerprint density at radius 2 is 1.87 bits per heavy atom. The number of methoxy groups -OCH3 is 2. The minimum Gasteiger partial charge on any atom is -0.493 e. The summed E-state index contributed by atoms with van der Waals surface area (Å²) in [6.07, 6.45) is -1.06. The molecule has 0 fully saturated rings. The fraction of sp³-hybridized carbons (Fsp3) is 0.261. The summed E-state index contributed by atoms with van der Waals surface area (Å²) in [4.78, 5) is 13.5. The summed E-state index contributed by atoms with van der Waals surface area (Å²) in [6.45, 7) is 5.85. The molecule has 2 atom stereocenters. The Morgan fingerprint density at radius 3 is 2.57 bits per heavy atom. The zero-order valence-electron chi connectivity index (χ0n) is 16.8. The molecule has 0 saturated carbocycles. The highest BCUT2D eigenvalue weighted by Gasteiger charge is 2.34. The van der Waals surface area contributed by atoms with Gasteiger partial charge < -0.3 is 28.5 Å². The van der Waals surface area contributed by atoms with Crippen LogP contribution in [0.4, 0.5) is 0 Å². The van der Waals surface area contributed by atoms with Crippen LogP contribution in [0.25, 0.3) is 22.1 Å². The van der Waals surface area contributed by atoms with Gasteiger partial charge in [-0.15, -0.1) is 0 Å². The van der Waals surface area contributed by atoms with Crippen molar-refractivity contribution < 1.29 is 28.5 Å². The van der Waals surface area contributed by atoms with E-state index < -0.39 is 6.29 Å². The maximum absolute atomic E-state index is 13.5. The molecule has 0 spiro atoms. The van der Waals surface area contributed by atoms with Gasteiger partial charge in [0.2, 0.25) is 5.43 Å². The third kappa shape index (κ3) is 2.52. The number of hydrogen-bond acceptors (Lipinski definition) is 7. The summed E-state index contributed by atoms with van der Waals surface area (Å²) in [5.41, 5.74) is 2.52. The van der Waals surface area contributed by atoms with Crippen LogP contribution in [0.1, 0.15) is 24.5 Å². The fourth-order valence-corrected chi connectivity index (χ4v) is 4.03. The van der Waals surface area contributed by atoms with Gasteiger partial charge in [-0.25, -0.2) is 0 Å². The molecule has 0 radical (unpaired) electrons. The van der Waals surface area contributed by atoms with Crippen molar-refractivity contribution in [2.75, 3.05) is 14.2 Å². The lowest BCUT2D eigenvalue weighted by atomic mass is 9.96. The molecular formula is C23H20O7. The van der Waals surface area contributed by atoms with Crippen LogP contribution in [0.5, 0.6) is 23.0 Å². The van der Waals surface area contributed by atoms with Gasteiger partial charge in [0.15, 0.2) is 17.3 Å². The van der Waals surface area contributed by atoms with E-state index in [-0.39, 0.29) is 22.9 Å². The molecule has 7 heteroatoms. The van der Waals surface area contributed by atoms with Crippen LogP contribution >= 0.6 is 0 Å². The molecule has 0 aliphatic carbocycles. The molecule has 2 aliphatic heterocycles. The molecule has 0 bridgehead atoms.